The van der Waals surface area contributed by atoms with Gasteiger partial charge in [0, 0.05) is 57.9 Å². The molecule has 0 saturated heterocycles. The van der Waals surface area contributed by atoms with Crippen LogP contribution in [0.5, 0.6) is 0 Å². The molecule has 5 nitrogen and oxygen atoms in total. The van der Waals surface area contributed by atoms with E-state index in [4.69, 9.17) is 0 Å². The minimum absolute atomic E-state index is 0.957. The van der Waals surface area contributed by atoms with Crippen LogP contribution in [0.25, 0.3) is 0 Å². The summed E-state index contributed by atoms with van der Waals surface area (Å²) in [7, 11) is 2.02. The normalized spacial score (nSPS) is 10.9. The van der Waals surface area contributed by atoms with Gasteiger partial charge in [-0.05, 0) is 6.92 Å². The fourth-order valence-electron chi connectivity index (χ4n) is 1.80. The molecule has 2 aromatic rings. The topological polar surface area (TPSA) is 47.7 Å². The van der Waals surface area contributed by atoms with Crippen molar-refractivity contribution in [2.24, 2.45) is 7.05 Å². The van der Waals surface area contributed by atoms with Crippen molar-refractivity contribution in [3.05, 3.63) is 36.4 Å². The first-order chi connectivity index (χ1) is 8.27. The molecule has 92 valence electrons. The summed E-state index contributed by atoms with van der Waals surface area (Å²) in [6.07, 6.45) is 8.62. The molecule has 2 heterocycles. The summed E-state index contributed by atoms with van der Waals surface area (Å²) in [4.78, 5) is 8.47. The molecule has 2 rings (SSSR count). The van der Waals surface area contributed by atoms with Crippen LogP contribution < -0.4 is 5.32 Å². The highest BCUT2D eigenvalue weighted by Gasteiger charge is 1.99. The number of imidazole rings is 2. The second-order valence-corrected chi connectivity index (χ2v) is 4.12. The predicted octanol–water partition coefficient (Wildman–Crippen LogP) is 0.757. The Morgan fingerprint density at radius 1 is 1.18 bits per heavy atom. The minimum atomic E-state index is 0.957. The van der Waals surface area contributed by atoms with Gasteiger partial charge in [0.2, 0.25) is 0 Å². The lowest BCUT2D eigenvalue weighted by Crippen LogP contribution is -2.23. The largest absolute Gasteiger partial charge is 0.338 e. The molecule has 1 N–H and O–H groups in total. The van der Waals surface area contributed by atoms with Gasteiger partial charge in [0.25, 0.3) is 0 Å². The molecule has 0 bridgehead atoms. The highest BCUT2D eigenvalue weighted by molar-refractivity contribution is 4.91. The summed E-state index contributed by atoms with van der Waals surface area (Å²) in [6, 6.07) is 0. The van der Waals surface area contributed by atoms with Crippen LogP contribution >= 0.6 is 0 Å². The van der Waals surface area contributed by atoms with Crippen molar-refractivity contribution in [3.63, 3.8) is 0 Å². The van der Waals surface area contributed by atoms with Gasteiger partial charge in [-0.25, -0.2) is 9.97 Å². The Morgan fingerprint density at radius 3 is 2.65 bits per heavy atom. The minimum Gasteiger partial charge on any atom is -0.338 e. The maximum atomic E-state index is 4.29. The highest BCUT2D eigenvalue weighted by Crippen LogP contribution is 1.95. The van der Waals surface area contributed by atoms with Crippen molar-refractivity contribution in [2.45, 2.75) is 19.9 Å². The van der Waals surface area contributed by atoms with E-state index < -0.39 is 0 Å². The van der Waals surface area contributed by atoms with E-state index in [1.165, 1.54) is 0 Å². The molecule has 0 fully saturated rings. The van der Waals surface area contributed by atoms with E-state index in [0.717, 1.165) is 37.7 Å². The van der Waals surface area contributed by atoms with Crippen molar-refractivity contribution in [3.8, 4) is 0 Å². The van der Waals surface area contributed by atoms with Crippen molar-refractivity contribution in [2.75, 3.05) is 13.1 Å². The molecule has 0 amide bonds. The van der Waals surface area contributed by atoms with Gasteiger partial charge in [-0.3, -0.25) is 0 Å². The third kappa shape index (κ3) is 3.17. The predicted molar refractivity (Wildman–Crippen MR) is 66.7 cm³/mol. The molecule has 2 aromatic heterocycles. The average molecular weight is 233 g/mol. The lowest BCUT2D eigenvalue weighted by Gasteiger charge is -2.07. The van der Waals surface area contributed by atoms with E-state index in [2.05, 4.69) is 24.4 Å². The number of hydrogen-bond donors (Lipinski definition) is 1. The molecule has 17 heavy (non-hydrogen) atoms. The third-order valence-electron chi connectivity index (χ3n) is 2.90. The average Bonchev–Trinajstić information content (AvgIpc) is 2.89. The van der Waals surface area contributed by atoms with Gasteiger partial charge in [0.05, 0.1) is 0 Å². The molecule has 0 aliphatic carbocycles. The fourth-order valence-corrected chi connectivity index (χ4v) is 1.80. The molecule has 0 saturated carbocycles. The van der Waals surface area contributed by atoms with E-state index in [9.17, 15) is 0 Å². The van der Waals surface area contributed by atoms with Crippen LogP contribution in [-0.4, -0.2) is 32.2 Å². The molecule has 5 heteroatoms. The van der Waals surface area contributed by atoms with Crippen LogP contribution in [0.2, 0.25) is 0 Å². The number of hydrogen-bond acceptors (Lipinski definition) is 3. The van der Waals surface area contributed by atoms with Gasteiger partial charge in [0.15, 0.2) is 0 Å². The number of nitrogens with one attached hydrogen (secondary N) is 1. The molecular weight excluding hydrogens is 214 g/mol. The van der Waals surface area contributed by atoms with Crippen LogP contribution in [0.4, 0.5) is 0 Å². The molecule has 0 radical (unpaired) electrons. The van der Waals surface area contributed by atoms with Crippen LogP contribution in [0, 0.1) is 6.92 Å². The highest BCUT2D eigenvalue weighted by atomic mass is 15.1. The maximum Gasteiger partial charge on any atom is 0.109 e. The standard InChI is InChI=1S/C12H19N5/c1-11-14-7-10-17(11)9-5-13-4-3-12-15-6-8-16(12)2/h6-8,10,13H,3-5,9H2,1-2H3. The summed E-state index contributed by atoms with van der Waals surface area (Å²) in [6.45, 7) is 4.90. The molecule has 0 aromatic carbocycles. The quantitative estimate of drug-likeness (QED) is 0.749. The van der Waals surface area contributed by atoms with Gasteiger partial charge >= 0.3 is 0 Å². The van der Waals surface area contributed by atoms with Gasteiger partial charge in [-0.2, -0.15) is 0 Å². The Bertz CT molecular complexity index is 415. The van der Waals surface area contributed by atoms with Gasteiger partial charge in [-0.1, -0.05) is 0 Å². The van der Waals surface area contributed by atoms with Crippen molar-refractivity contribution >= 4 is 0 Å². The molecular formula is C12H19N5. The van der Waals surface area contributed by atoms with E-state index in [0.29, 0.717) is 0 Å². The molecule has 0 spiro atoms. The zero-order valence-corrected chi connectivity index (χ0v) is 10.4. The Hall–Kier alpha value is -1.62. The maximum absolute atomic E-state index is 4.29. The Balaban J connectivity index is 1.64. The van der Waals surface area contributed by atoms with Gasteiger partial charge < -0.3 is 14.5 Å². The smallest absolute Gasteiger partial charge is 0.109 e. The van der Waals surface area contributed by atoms with Crippen LogP contribution in [0.15, 0.2) is 24.8 Å². The van der Waals surface area contributed by atoms with Crippen LogP contribution in [0.3, 0.4) is 0 Å². The second kappa shape index (κ2) is 5.63. The lowest BCUT2D eigenvalue weighted by molar-refractivity contribution is 0.580. The Labute approximate surface area is 102 Å². The number of aromatic nitrogens is 4. The second-order valence-electron chi connectivity index (χ2n) is 4.12. The lowest BCUT2D eigenvalue weighted by atomic mass is 10.4. The number of rotatable bonds is 6. The fraction of sp³-hybridized carbons (Fsp3) is 0.500. The van der Waals surface area contributed by atoms with Gasteiger partial charge in [-0.15, -0.1) is 0 Å². The van der Waals surface area contributed by atoms with Crippen molar-refractivity contribution in [1.29, 1.82) is 0 Å². The first-order valence-electron chi connectivity index (χ1n) is 5.92. The Kier molecular flexibility index (Phi) is 3.93. The molecule has 0 aliphatic heterocycles. The van der Waals surface area contributed by atoms with E-state index in [1.54, 1.807) is 0 Å². The van der Waals surface area contributed by atoms with Crippen LogP contribution in [0.1, 0.15) is 11.6 Å². The number of nitrogens with zero attached hydrogens (tertiary/aromatic N) is 4. The first kappa shape index (κ1) is 11.9. The molecule has 0 aliphatic rings. The SMILES string of the molecule is Cc1nccn1CCNCCc1nccn1C. The van der Waals surface area contributed by atoms with Gasteiger partial charge in [0.1, 0.15) is 11.6 Å². The summed E-state index contributed by atoms with van der Waals surface area (Å²) >= 11 is 0. The zero-order valence-electron chi connectivity index (χ0n) is 10.4. The monoisotopic (exact) mass is 233 g/mol. The van der Waals surface area contributed by atoms with Crippen molar-refractivity contribution < 1.29 is 0 Å². The number of aryl methyl sites for hydroxylation is 2. The summed E-state index contributed by atoms with van der Waals surface area (Å²) < 4.78 is 4.20. The molecule has 0 unspecified atom stereocenters. The first-order valence-corrected chi connectivity index (χ1v) is 5.92. The Morgan fingerprint density at radius 2 is 2.00 bits per heavy atom. The summed E-state index contributed by atoms with van der Waals surface area (Å²) in [5, 5.41) is 3.41. The van der Waals surface area contributed by atoms with E-state index >= 15 is 0 Å². The third-order valence-corrected chi connectivity index (χ3v) is 2.90. The molecule has 0 atom stereocenters. The van der Waals surface area contributed by atoms with Crippen molar-refractivity contribution in [1.82, 2.24) is 24.4 Å². The summed E-state index contributed by atoms with van der Waals surface area (Å²) in [5.74, 6) is 2.19. The van der Waals surface area contributed by atoms with E-state index in [1.807, 2.05) is 38.8 Å². The summed E-state index contributed by atoms with van der Waals surface area (Å²) in [5.41, 5.74) is 0. The zero-order chi connectivity index (χ0) is 12.1. The van der Waals surface area contributed by atoms with E-state index in [-0.39, 0.29) is 0 Å². The van der Waals surface area contributed by atoms with Crippen LogP contribution in [-0.2, 0) is 20.0 Å².